The van der Waals surface area contributed by atoms with Gasteiger partial charge in [0.2, 0.25) is 6.41 Å². The number of carboxylic acid groups (broad SMARTS) is 1. The summed E-state index contributed by atoms with van der Waals surface area (Å²) >= 11 is 11.5. The van der Waals surface area contributed by atoms with E-state index in [9.17, 15) is 14.4 Å². The summed E-state index contributed by atoms with van der Waals surface area (Å²) in [6.45, 7) is 0. The number of hydrogen-bond acceptors (Lipinski definition) is 3. The van der Waals surface area contributed by atoms with Gasteiger partial charge in [-0.15, -0.1) is 0 Å². The van der Waals surface area contributed by atoms with Crippen LogP contribution in [-0.2, 0) is 9.59 Å². The van der Waals surface area contributed by atoms with Crippen molar-refractivity contribution in [2.24, 2.45) is 0 Å². The predicted octanol–water partition coefficient (Wildman–Crippen LogP) is 1.77. The first-order valence-electron chi connectivity index (χ1n) is 4.86. The zero-order valence-electron chi connectivity index (χ0n) is 9.02. The van der Waals surface area contributed by atoms with Crippen molar-refractivity contribution in [1.82, 2.24) is 5.32 Å². The van der Waals surface area contributed by atoms with Gasteiger partial charge < -0.3 is 10.4 Å². The number of carbonyl (C=O) groups excluding carboxylic acids is 2. The van der Waals surface area contributed by atoms with Crippen molar-refractivity contribution in [3.05, 3.63) is 33.8 Å². The average molecular weight is 290 g/mol. The Kier molecular flexibility index (Phi) is 5.12. The Labute approximate surface area is 113 Å². The second-order valence-corrected chi connectivity index (χ2v) is 4.27. The molecule has 1 unspecified atom stereocenters. The van der Waals surface area contributed by atoms with Crippen molar-refractivity contribution in [2.75, 3.05) is 0 Å². The van der Waals surface area contributed by atoms with Gasteiger partial charge in [0.25, 0.3) is 0 Å². The molecule has 2 N–H and O–H groups in total. The number of hydrogen-bond donors (Lipinski definition) is 2. The first-order chi connectivity index (χ1) is 8.45. The first-order valence-corrected chi connectivity index (χ1v) is 5.62. The van der Waals surface area contributed by atoms with Crippen molar-refractivity contribution in [3.63, 3.8) is 0 Å². The molecule has 1 aromatic carbocycles. The summed E-state index contributed by atoms with van der Waals surface area (Å²) < 4.78 is 0. The molecule has 0 saturated carbocycles. The van der Waals surface area contributed by atoms with E-state index in [2.05, 4.69) is 0 Å². The lowest BCUT2D eigenvalue weighted by Crippen LogP contribution is -2.37. The molecule has 0 aromatic heterocycles. The molecule has 0 heterocycles. The summed E-state index contributed by atoms with van der Waals surface area (Å²) in [6.07, 6.45) is -0.148. The molecular formula is C11H9Cl2NO4. The number of carboxylic acids is 1. The largest absolute Gasteiger partial charge is 0.480 e. The first kappa shape index (κ1) is 14.5. The van der Waals surface area contributed by atoms with Crippen LogP contribution in [0.1, 0.15) is 16.8 Å². The summed E-state index contributed by atoms with van der Waals surface area (Å²) in [7, 11) is 0. The van der Waals surface area contributed by atoms with Crippen LogP contribution in [0.2, 0.25) is 10.0 Å². The maximum atomic E-state index is 11.8. The Bertz CT molecular complexity index is 490. The molecule has 1 rings (SSSR count). The van der Waals surface area contributed by atoms with Crippen LogP contribution in [0, 0.1) is 0 Å². The summed E-state index contributed by atoms with van der Waals surface area (Å²) in [5, 5.41) is 11.3. The molecule has 18 heavy (non-hydrogen) atoms. The van der Waals surface area contributed by atoms with Crippen LogP contribution < -0.4 is 5.32 Å². The van der Waals surface area contributed by atoms with Gasteiger partial charge in [0.15, 0.2) is 5.78 Å². The minimum Gasteiger partial charge on any atom is -0.480 e. The number of benzene rings is 1. The third-order valence-corrected chi connectivity index (χ3v) is 2.74. The molecule has 1 aromatic rings. The maximum Gasteiger partial charge on any atom is 0.326 e. The third-order valence-electron chi connectivity index (χ3n) is 2.19. The van der Waals surface area contributed by atoms with Gasteiger partial charge in [-0.3, -0.25) is 9.59 Å². The van der Waals surface area contributed by atoms with Crippen LogP contribution >= 0.6 is 23.2 Å². The maximum absolute atomic E-state index is 11.8. The Morgan fingerprint density at radius 3 is 2.56 bits per heavy atom. The quantitative estimate of drug-likeness (QED) is 0.617. The minimum absolute atomic E-state index is 0.141. The smallest absolute Gasteiger partial charge is 0.326 e. The molecule has 5 nitrogen and oxygen atoms in total. The van der Waals surface area contributed by atoms with Crippen molar-refractivity contribution >= 4 is 41.4 Å². The minimum atomic E-state index is -1.29. The van der Waals surface area contributed by atoms with Gasteiger partial charge in [-0.25, -0.2) is 4.79 Å². The topological polar surface area (TPSA) is 83.5 Å². The predicted molar refractivity (Wildman–Crippen MR) is 66.0 cm³/mol. The average Bonchev–Trinajstić information content (AvgIpc) is 2.27. The van der Waals surface area contributed by atoms with Crippen LogP contribution in [0.5, 0.6) is 0 Å². The number of amides is 1. The zero-order valence-corrected chi connectivity index (χ0v) is 10.5. The van der Waals surface area contributed by atoms with Crippen LogP contribution in [0.3, 0.4) is 0 Å². The van der Waals surface area contributed by atoms with E-state index in [1.54, 1.807) is 0 Å². The molecule has 0 aliphatic rings. The molecule has 0 aliphatic carbocycles. The molecule has 1 amide bonds. The molecule has 0 saturated heterocycles. The van der Waals surface area contributed by atoms with Gasteiger partial charge in [0, 0.05) is 17.0 Å². The Balaban J connectivity index is 2.86. The Hall–Kier alpha value is -1.59. The van der Waals surface area contributed by atoms with E-state index in [0.717, 1.165) is 0 Å². The van der Waals surface area contributed by atoms with E-state index in [1.165, 1.54) is 18.2 Å². The highest BCUT2D eigenvalue weighted by Crippen LogP contribution is 2.22. The number of ketones is 1. The molecule has 0 radical (unpaired) electrons. The molecule has 0 fully saturated rings. The van der Waals surface area contributed by atoms with E-state index < -0.39 is 17.8 Å². The van der Waals surface area contributed by atoms with Gasteiger partial charge in [0.05, 0.1) is 5.02 Å². The van der Waals surface area contributed by atoms with Crippen LogP contribution in [0.15, 0.2) is 18.2 Å². The lowest BCUT2D eigenvalue weighted by Gasteiger charge is -2.10. The van der Waals surface area contributed by atoms with Crippen molar-refractivity contribution < 1.29 is 19.5 Å². The molecule has 1 atom stereocenters. The van der Waals surface area contributed by atoms with Gasteiger partial charge in [-0.05, 0) is 18.2 Å². The van der Waals surface area contributed by atoms with E-state index in [4.69, 9.17) is 28.3 Å². The fourth-order valence-electron chi connectivity index (χ4n) is 1.31. The second-order valence-electron chi connectivity index (χ2n) is 3.43. The molecular weight excluding hydrogens is 281 g/mol. The molecule has 0 bridgehead atoms. The lowest BCUT2D eigenvalue weighted by molar-refractivity contribution is -0.140. The number of Topliss-reactive ketones (excluding diaryl/α,β-unsaturated/α-hetero) is 1. The molecule has 0 aliphatic heterocycles. The SMILES string of the molecule is O=CNC(CC(=O)c1ccc(Cl)cc1Cl)C(=O)O. The monoisotopic (exact) mass is 289 g/mol. The molecule has 96 valence electrons. The summed E-state index contributed by atoms with van der Waals surface area (Å²) in [5.74, 6) is -1.78. The second kappa shape index (κ2) is 6.37. The highest BCUT2D eigenvalue weighted by molar-refractivity contribution is 6.36. The highest BCUT2D eigenvalue weighted by atomic mass is 35.5. The van der Waals surface area contributed by atoms with E-state index in [0.29, 0.717) is 5.02 Å². The van der Waals surface area contributed by atoms with Gasteiger partial charge in [0.1, 0.15) is 6.04 Å². The fraction of sp³-hybridized carbons (Fsp3) is 0.182. The summed E-state index contributed by atoms with van der Waals surface area (Å²) in [5.41, 5.74) is 0.167. The Morgan fingerprint density at radius 2 is 2.06 bits per heavy atom. The lowest BCUT2D eigenvalue weighted by atomic mass is 10.0. The van der Waals surface area contributed by atoms with Crippen LogP contribution in [0.25, 0.3) is 0 Å². The Morgan fingerprint density at radius 1 is 1.39 bits per heavy atom. The fourth-order valence-corrected chi connectivity index (χ4v) is 1.82. The zero-order chi connectivity index (χ0) is 13.7. The van der Waals surface area contributed by atoms with Crippen LogP contribution in [-0.4, -0.2) is 29.3 Å². The number of nitrogens with one attached hydrogen (secondary N) is 1. The number of aliphatic carboxylic acids is 1. The number of halogens is 2. The number of rotatable bonds is 6. The van der Waals surface area contributed by atoms with Crippen LogP contribution in [0.4, 0.5) is 0 Å². The van der Waals surface area contributed by atoms with Gasteiger partial charge >= 0.3 is 5.97 Å². The van der Waals surface area contributed by atoms with E-state index in [1.807, 2.05) is 5.32 Å². The highest BCUT2D eigenvalue weighted by Gasteiger charge is 2.22. The molecule has 7 heteroatoms. The van der Waals surface area contributed by atoms with Gasteiger partial charge in [-0.2, -0.15) is 0 Å². The summed E-state index contributed by atoms with van der Waals surface area (Å²) in [4.78, 5) is 32.8. The molecule has 0 spiro atoms. The normalized spacial score (nSPS) is 11.7. The van der Waals surface area contributed by atoms with Crippen molar-refractivity contribution in [2.45, 2.75) is 12.5 Å². The standard InChI is InChI=1S/C11H9Cl2NO4/c12-6-1-2-7(8(13)3-6)10(16)4-9(11(17)18)14-5-15/h1-3,5,9H,4H2,(H,14,15)(H,17,18). The summed E-state index contributed by atoms with van der Waals surface area (Å²) in [6, 6.07) is 3.00. The third kappa shape index (κ3) is 3.72. The van der Waals surface area contributed by atoms with Crippen molar-refractivity contribution in [1.29, 1.82) is 0 Å². The van der Waals surface area contributed by atoms with E-state index >= 15 is 0 Å². The van der Waals surface area contributed by atoms with Crippen molar-refractivity contribution in [3.8, 4) is 0 Å². The van der Waals surface area contributed by atoms with Gasteiger partial charge in [-0.1, -0.05) is 23.2 Å². The van der Waals surface area contributed by atoms with E-state index in [-0.39, 0.29) is 23.4 Å². The number of carbonyl (C=O) groups is 3.